The molecular formula is C11H15BrO. The Morgan fingerprint density at radius 2 is 2.08 bits per heavy atom. The highest BCUT2D eigenvalue weighted by Crippen LogP contribution is 2.31. The molecule has 0 aliphatic heterocycles. The van der Waals surface area contributed by atoms with Crippen molar-refractivity contribution in [2.45, 2.75) is 38.5 Å². The van der Waals surface area contributed by atoms with Gasteiger partial charge >= 0.3 is 0 Å². The van der Waals surface area contributed by atoms with E-state index in [2.05, 4.69) is 15.9 Å². The van der Waals surface area contributed by atoms with Crippen molar-refractivity contribution < 1.29 is 4.79 Å². The zero-order valence-electron chi connectivity index (χ0n) is 7.76. The standard InChI is InChI=1S/C11H15BrO/c12-11-8-4-3-7-10(11)6-2-1-5-9-13/h1,5,9H,2-4,6-8H2. The normalized spacial score (nSPS) is 18.2. The fourth-order valence-corrected chi connectivity index (χ4v) is 2.28. The average molecular weight is 243 g/mol. The number of halogens is 1. The van der Waals surface area contributed by atoms with E-state index in [1.165, 1.54) is 30.2 Å². The summed E-state index contributed by atoms with van der Waals surface area (Å²) in [6, 6.07) is 0. The van der Waals surface area contributed by atoms with Gasteiger partial charge in [-0.25, -0.2) is 0 Å². The Kier molecular flexibility index (Phi) is 5.06. The third-order valence-electron chi connectivity index (χ3n) is 2.34. The highest BCUT2D eigenvalue weighted by Gasteiger charge is 2.08. The molecule has 0 saturated heterocycles. The molecule has 0 radical (unpaired) electrons. The largest absolute Gasteiger partial charge is 0.299 e. The number of aldehydes is 1. The van der Waals surface area contributed by atoms with Gasteiger partial charge in [-0.05, 0) is 49.1 Å². The quantitative estimate of drug-likeness (QED) is 0.543. The highest BCUT2D eigenvalue weighted by atomic mass is 79.9. The maximum Gasteiger partial charge on any atom is 0.142 e. The van der Waals surface area contributed by atoms with Crippen LogP contribution in [0.2, 0.25) is 0 Å². The van der Waals surface area contributed by atoms with Crippen molar-refractivity contribution in [3.05, 3.63) is 22.2 Å². The van der Waals surface area contributed by atoms with Gasteiger partial charge in [-0.3, -0.25) is 4.79 Å². The van der Waals surface area contributed by atoms with E-state index in [0.717, 1.165) is 19.1 Å². The number of hydrogen-bond donors (Lipinski definition) is 0. The van der Waals surface area contributed by atoms with Gasteiger partial charge < -0.3 is 0 Å². The molecule has 0 saturated carbocycles. The van der Waals surface area contributed by atoms with Gasteiger partial charge in [0.05, 0.1) is 0 Å². The van der Waals surface area contributed by atoms with Crippen LogP contribution >= 0.6 is 15.9 Å². The van der Waals surface area contributed by atoms with Crippen LogP contribution in [0.3, 0.4) is 0 Å². The first kappa shape index (κ1) is 10.7. The molecule has 0 atom stereocenters. The molecule has 1 nitrogen and oxygen atoms in total. The minimum atomic E-state index is 0.838. The van der Waals surface area contributed by atoms with Crippen LogP contribution in [-0.2, 0) is 4.79 Å². The molecule has 1 rings (SSSR count). The van der Waals surface area contributed by atoms with Crippen LogP contribution in [0.5, 0.6) is 0 Å². The van der Waals surface area contributed by atoms with Crippen LogP contribution in [0.1, 0.15) is 38.5 Å². The summed E-state index contributed by atoms with van der Waals surface area (Å²) in [6.45, 7) is 0. The van der Waals surface area contributed by atoms with Crippen LogP contribution in [0.15, 0.2) is 22.2 Å². The molecule has 2 heteroatoms. The monoisotopic (exact) mass is 242 g/mol. The van der Waals surface area contributed by atoms with Crippen LogP contribution in [-0.4, -0.2) is 6.29 Å². The maximum absolute atomic E-state index is 10.0. The summed E-state index contributed by atoms with van der Waals surface area (Å²) in [4.78, 5) is 10.0. The Bertz CT molecular complexity index is 228. The molecule has 0 aromatic rings. The molecule has 13 heavy (non-hydrogen) atoms. The van der Waals surface area contributed by atoms with E-state index in [1.54, 1.807) is 11.6 Å². The smallest absolute Gasteiger partial charge is 0.142 e. The SMILES string of the molecule is O=CC=CCCC1=C(Br)CCCC1. The summed E-state index contributed by atoms with van der Waals surface area (Å²) >= 11 is 3.61. The van der Waals surface area contributed by atoms with Gasteiger partial charge in [0.1, 0.15) is 6.29 Å². The van der Waals surface area contributed by atoms with Crippen molar-refractivity contribution >= 4 is 22.2 Å². The lowest BCUT2D eigenvalue weighted by Gasteiger charge is -2.15. The minimum absolute atomic E-state index is 0.838. The second-order valence-electron chi connectivity index (χ2n) is 3.32. The fraction of sp³-hybridized carbons (Fsp3) is 0.545. The van der Waals surface area contributed by atoms with Crippen molar-refractivity contribution in [3.63, 3.8) is 0 Å². The molecule has 1 aliphatic carbocycles. The molecule has 0 bridgehead atoms. The maximum atomic E-state index is 10.0. The van der Waals surface area contributed by atoms with E-state index in [9.17, 15) is 4.79 Å². The lowest BCUT2D eigenvalue weighted by molar-refractivity contribution is -0.104. The number of rotatable bonds is 4. The number of carbonyl (C=O) groups excluding carboxylic acids is 1. The molecule has 0 aromatic heterocycles. The molecule has 0 amide bonds. The third kappa shape index (κ3) is 3.90. The second-order valence-corrected chi connectivity index (χ2v) is 4.28. The fourth-order valence-electron chi connectivity index (χ4n) is 1.60. The first-order valence-electron chi connectivity index (χ1n) is 4.81. The van der Waals surface area contributed by atoms with Crippen molar-refractivity contribution in [1.82, 2.24) is 0 Å². The first-order valence-corrected chi connectivity index (χ1v) is 5.60. The van der Waals surface area contributed by atoms with E-state index in [1.807, 2.05) is 6.08 Å². The Morgan fingerprint density at radius 3 is 2.77 bits per heavy atom. The second kappa shape index (κ2) is 6.14. The Morgan fingerprint density at radius 1 is 1.31 bits per heavy atom. The summed E-state index contributed by atoms with van der Waals surface area (Å²) in [5.41, 5.74) is 1.54. The number of hydrogen-bond acceptors (Lipinski definition) is 1. The lowest BCUT2D eigenvalue weighted by atomic mass is 9.96. The molecule has 0 N–H and O–H groups in total. The zero-order chi connectivity index (χ0) is 9.52. The summed E-state index contributed by atoms with van der Waals surface area (Å²) < 4.78 is 1.40. The molecule has 0 aromatic carbocycles. The first-order chi connectivity index (χ1) is 6.34. The molecule has 0 fully saturated rings. The van der Waals surface area contributed by atoms with E-state index < -0.39 is 0 Å². The molecular weight excluding hydrogens is 228 g/mol. The highest BCUT2D eigenvalue weighted by molar-refractivity contribution is 9.11. The van der Waals surface area contributed by atoms with Gasteiger partial charge in [-0.1, -0.05) is 27.6 Å². The van der Waals surface area contributed by atoms with Gasteiger partial charge in [0.15, 0.2) is 0 Å². The number of carbonyl (C=O) groups is 1. The van der Waals surface area contributed by atoms with Crippen LogP contribution in [0, 0.1) is 0 Å². The van der Waals surface area contributed by atoms with Gasteiger partial charge in [0.2, 0.25) is 0 Å². The molecule has 0 unspecified atom stereocenters. The Hall–Kier alpha value is -0.370. The summed E-state index contributed by atoms with van der Waals surface area (Å²) in [5, 5.41) is 0. The predicted molar refractivity (Wildman–Crippen MR) is 58.9 cm³/mol. The van der Waals surface area contributed by atoms with E-state index in [0.29, 0.717) is 0 Å². The van der Waals surface area contributed by atoms with Crippen LogP contribution in [0.4, 0.5) is 0 Å². The molecule has 0 heterocycles. The van der Waals surface area contributed by atoms with Crippen LogP contribution < -0.4 is 0 Å². The van der Waals surface area contributed by atoms with Gasteiger partial charge in [0.25, 0.3) is 0 Å². The lowest BCUT2D eigenvalue weighted by Crippen LogP contribution is -1.95. The molecule has 0 spiro atoms. The Balaban J connectivity index is 2.34. The summed E-state index contributed by atoms with van der Waals surface area (Å²) in [6.07, 6.45) is 11.5. The average Bonchev–Trinajstić information content (AvgIpc) is 2.15. The van der Waals surface area contributed by atoms with Gasteiger partial charge in [-0.15, -0.1) is 0 Å². The zero-order valence-corrected chi connectivity index (χ0v) is 9.35. The topological polar surface area (TPSA) is 17.1 Å². The van der Waals surface area contributed by atoms with Crippen molar-refractivity contribution in [2.75, 3.05) is 0 Å². The van der Waals surface area contributed by atoms with Crippen molar-refractivity contribution in [2.24, 2.45) is 0 Å². The molecule has 72 valence electrons. The third-order valence-corrected chi connectivity index (χ3v) is 3.29. The van der Waals surface area contributed by atoms with Crippen LogP contribution in [0.25, 0.3) is 0 Å². The molecule has 1 aliphatic rings. The van der Waals surface area contributed by atoms with E-state index in [-0.39, 0.29) is 0 Å². The van der Waals surface area contributed by atoms with E-state index >= 15 is 0 Å². The van der Waals surface area contributed by atoms with Crippen molar-refractivity contribution in [3.8, 4) is 0 Å². The van der Waals surface area contributed by atoms with Crippen molar-refractivity contribution in [1.29, 1.82) is 0 Å². The summed E-state index contributed by atoms with van der Waals surface area (Å²) in [7, 11) is 0. The summed E-state index contributed by atoms with van der Waals surface area (Å²) in [5.74, 6) is 0. The minimum Gasteiger partial charge on any atom is -0.299 e. The van der Waals surface area contributed by atoms with Gasteiger partial charge in [0, 0.05) is 0 Å². The Labute approximate surface area is 88.0 Å². The predicted octanol–water partition coefficient (Wildman–Crippen LogP) is 3.74. The van der Waals surface area contributed by atoms with E-state index in [4.69, 9.17) is 0 Å². The number of allylic oxidation sites excluding steroid dienone is 4. The van der Waals surface area contributed by atoms with Gasteiger partial charge in [-0.2, -0.15) is 0 Å².